The van der Waals surface area contributed by atoms with Crippen LogP contribution in [0.3, 0.4) is 0 Å². The molecule has 0 fully saturated rings. The van der Waals surface area contributed by atoms with Crippen LogP contribution < -0.4 is 0 Å². The van der Waals surface area contributed by atoms with E-state index in [-0.39, 0.29) is 11.6 Å². The van der Waals surface area contributed by atoms with Gasteiger partial charge in [-0.15, -0.1) is 0 Å². The van der Waals surface area contributed by atoms with E-state index in [1.165, 1.54) is 0 Å². The third-order valence-electron chi connectivity index (χ3n) is 2.51. The third-order valence-corrected chi connectivity index (χ3v) is 3.18. The lowest BCUT2D eigenvalue weighted by Gasteiger charge is -1.99. The molecule has 0 radical (unpaired) electrons. The highest BCUT2D eigenvalue weighted by Crippen LogP contribution is 2.30. The fraction of sp³-hybridized carbons (Fsp3) is 0. The van der Waals surface area contributed by atoms with E-state index >= 15 is 0 Å². The molecule has 0 aliphatic rings. The fourth-order valence-corrected chi connectivity index (χ4v) is 2.10. The summed E-state index contributed by atoms with van der Waals surface area (Å²) in [5.41, 5.74) is 1.14. The van der Waals surface area contributed by atoms with Gasteiger partial charge in [0.25, 0.3) is 5.89 Å². The van der Waals surface area contributed by atoms with Crippen molar-refractivity contribution in [2.45, 2.75) is 0 Å². The van der Waals surface area contributed by atoms with Gasteiger partial charge in [-0.25, -0.2) is 0 Å². The SMILES string of the molecule is Oc1ccc(I)cc1-c1nc(-c2ccccn2)no1. The van der Waals surface area contributed by atoms with Gasteiger partial charge in [-0.2, -0.15) is 4.98 Å². The van der Waals surface area contributed by atoms with Crippen LogP contribution >= 0.6 is 22.6 Å². The molecule has 1 aromatic carbocycles. The molecule has 0 bridgehead atoms. The normalized spacial score (nSPS) is 10.6. The van der Waals surface area contributed by atoms with Gasteiger partial charge in [0.2, 0.25) is 5.82 Å². The summed E-state index contributed by atoms with van der Waals surface area (Å²) in [6, 6.07) is 10.6. The molecule has 0 saturated heterocycles. The van der Waals surface area contributed by atoms with Crippen LogP contribution in [-0.2, 0) is 0 Å². The summed E-state index contributed by atoms with van der Waals surface area (Å²) in [7, 11) is 0. The Bertz CT molecular complexity index is 713. The zero-order valence-corrected chi connectivity index (χ0v) is 11.8. The number of benzene rings is 1. The molecule has 2 aromatic heterocycles. The van der Waals surface area contributed by atoms with Crippen LogP contribution in [0.4, 0.5) is 0 Å². The molecule has 1 N–H and O–H groups in total. The second kappa shape index (κ2) is 4.96. The van der Waals surface area contributed by atoms with Crippen molar-refractivity contribution in [3.63, 3.8) is 0 Å². The van der Waals surface area contributed by atoms with Gasteiger partial charge >= 0.3 is 0 Å². The Hall–Kier alpha value is -1.96. The Morgan fingerprint density at radius 2 is 2.05 bits per heavy atom. The number of phenols is 1. The van der Waals surface area contributed by atoms with Crippen molar-refractivity contribution in [3.05, 3.63) is 46.2 Å². The third kappa shape index (κ3) is 2.43. The number of aromatic hydroxyl groups is 1. The molecule has 19 heavy (non-hydrogen) atoms. The number of aromatic nitrogens is 3. The highest BCUT2D eigenvalue weighted by Gasteiger charge is 2.14. The topological polar surface area (TPSA) is 72.0 Å². The summed E-state index contributed by atoms with van der Waals surface area (Å²) in [6.45, 7) is 0. The van der Waals surface area contributed by atoms with Crippen LogP contribution in [0.5, 0.6) is 5.75 Å². The van der Waals surface area contributed by atoms with Gasteiger partial charge in [-0.3, -0.25) is 4.98 Å². The molecule has 0 unspecified atom stereocenters. The zero-order valence-electron chi connectivity index (χ0n) is 9.62. The first-order chi connectivity index (χ1) is 9.24. The molecule has 5 nitrogen and oxygen atoms in total. The average molecular weight is 365 g/mol. The maximum Gasteiger partial charge on any atom is 0.262 e. The molecule has 0 saturated carbocycles. The molecule has 0 aliphatic heterocycles. The second-order valence-corrected chi connectivity index (χ2v) is 5.05. The number of nitrogens with zero attached hydrogens (tertiary/aromatic N) is 3. The molecule has 0 atom stereocenters. The summed E-state index contributed by atoms with van der Waals surface area (Å²) in [5.74, 6) is 0.780. The first-order valence-corrected chi connectivity index (χ1v) is 6.56. The lowest BCUT2D eigenvalue weighted by Crippen LogP contribution is -1.85. The van der Waals surface area contributed by atoms with Crippen molar-refractivity contribution >= 4 is 22.6 Å². The Kier molecular flexibility index (Phi) is 3.16. The van der Waals surface area contributed by atoms with Crippen LogP contribution in [0.15, 0.2) is 47.1 Å². The Morgan fingerprint density at radius 3 is 2.84 bits per heavy atom. The lowest BCUT2D eigenvalue weighted by molar-refractivity contribution is 0.425. The van der Waals surface area contributed by atoms with Crippen molar-refractivity contribution < 1.29 is 9.63 Å². The second-order valence-electron chi connectivity index (χ2n) is 3.80. The van der Waals surface area contributed by atoms with Gasteiger partial charge in [0.1, 0.15) is 11.4 Å². The van der Waals surface area contributed by atoms with E-state index in [1.54, 1.807) is 30.5 Å². The predicted molar refractivity (Wildman–Crippen MR) is 77.3 cm³/mol. The molecule has 6 heteroatoms. The molecular formula is C13H8IN3O2. The summed E-state index contributed by atoms with van der Waals surface area (Å²) in [5, 5.41) is 13.7. The number of hydrogen-bond donors (Lipinski definition) is 1. The van der Waals surface area contributed by atoms with E-state index in [2.05, 4.69) is 37.7 Å². The predicted octanol–water partition coefficient (Wildman–Crippen LogP) is 3.11. The summed E-state index contributed by atoms with van der Waals surface area (Å²) in [4.78, 5) is 8.40. The zero-order chi connectivity index (χ0) is 13.2. The Morgan fingerprint density at radius 1 is 1.16 bits per heavy atom. The van der Waals surface area contributed by atoms with Crippen molar-refractivity contribution in [2.75, 3.05) is 0 Å². The molecule has 94 valence electrons. The number of hydrogen-bond acceptors (Lipinski definition) is 5. The smallest absolute Gasteiger partial charge is 0.262 e. The molecule has 0 aliphatic carbocycles. The first kappa shape index (κ1) is 12.1. The van der Waals surface area contributed by atoms with Crippen molar-refractivity contribution in [2.24, 2.45) is 0 Å². The van der Waals surface area contributed by atoms with Gasteiger partial charge in [0.05, 0.1) is 5.56 Å². The summed E-state index contributed by atoms with van der Waals surface area (Å²) < 4.78 is 6.15. The minimum Gasteiger partial charge on any atom is -0.507 e. The van der Waals surface area contributed by atoms with Crippen LogP contribution in [-0.4, -0.2) is 20.2 Å². The van der Waals surface area contributed by atoms with E-state index in [9.17, 15) is 5.11 Å². The average Bonchev–Trinajstić information content (AvgIpc) is 2.92. The molecule has 0 amide bonds. The highest BCUT2D eigenvalue weighted by molar-refractivity contribution is 14.1. The summed E-state index contributed by atoms with van der Waals surface area (Å²) in [6.07, 6.45) is 1.66. The molecule has 3 aromatic rings. The van der Waals surface area contributed by atoms with Crippen molar-refractivity contribution in [1.82, 2.24) is 15.1 Å². The molecule has 3 rings (SSSR count). The Balaban J connectivity index is 2.04. The van der Waals surface area contributed by atoms with Crippen molar-refractivity contribution in [1.29, 1.82) is 0 Å². The standard InChI is InChI=1S/C13H8IN3O2/c14-8-4-5-11(18)9(7-8)13-16-12(17-19-13)10-3-1-2-6-15-10/h1-7,18H. The van der Waals surface area contributed by atoms with E-state index < -0.39 is 0 Å². The molecule has 2 heterocycles. The monoisotopic (exact) mass is 365 g/mol. The first-order valence-electron chi connectivity index (χ1n) is 5.48. The largest absolute Gasteiger partial charge is 0.507 e. The van der Waals surface area contributed by atoms with E-state index in [4.69, 9.17) is 4.52 Å². The van der Waals surface area contributed by atoms with Crippen LogP contribution in [0.2, 0.25) is 0 Å². The van der Waals surface area contributed by atoms with Crippen LogP contribution in [0.1, 0.15) is 0 Å². The van der Waals surface area contributed by atoms with Gasteiger partial charge in [-0.1, -0.05) is 11.2 Å². The number of rotatable bonds is 2. The highest BCUT2D eigenvalue weighted by atomic mass is 127. The summed E-state index contributed by atoms with van der Waals surface area (Å²) >= 11 is 2.15. The number of halogens is 1. The number of pyridine rings is 1. The molecular weight excluding hydrogens is 357 g/mol. The maximum absolute atomic E-state index is 9.82. The maximum atomic E-state index is 9.82. The number of phenolic OH excluding ortho intramolecular Hbond substituents is 1. The van der Waals surface area contributed by atoms with Gasteiger partial charge < -0.3 is 9.63 Å². The van der Waals surface area contributed by atoms with E-state index in [0.29, 0.717) is 17.1 Å². The van der Waals surface area contributed by atoms with Gasteiger partial charge in [0, 0.05) is 9.77 Å². The lowest BCUT2D eigenvalue weighted by atomic mass is 10.2. The van der Waals surface area contributed by atoms with Gasteiger partial charge in [0.15, 0.2) is 0 Å². The Labute approximate surface area is 122 Å². The van der Waals surface area contributed by atoms with Crippen LogP contribution in [0, 0.1) is 3.57 Å². The minimum atomic E-state index is 0.108. The van der Waals surface area contributed by atoms with E-state index in [1.807, 2.05) is 12.1 Å². The van der Waals surface area contributed by atoms with Crippen molar-refractivity contribution in [3.8, 4) is 28.7 Å². The quantitative estimate of drug-likeness (QED) is 0.707. The van der Waals surface area contributed by atoms with Crippen LogP contribution in [0.25, 0.3) is 23.0 Å². The molecule has 0 spiro atoms. The minimum absolute atomic E-state index is 0.108. The fourth-order valence-electron chi connectivity index (χ4n) is 1.61. The van der Waals surface area contributed by atoms with E-state index in [0.717, 1.165) is 3.57 Å². The van der Waals surface area contributed by atoms with Gasteiger partial charge in [-0.05, 0) is 52.9 Å².